The van der Waals surface area contributed by atoms with Gasteiger partial charge in [-0.05, 0) is 19.3 Å². The zero-order chi connectivity index (χ0) is 33.1. The molecule has 0 rings (SSSR count). The van der Waals surface area contributed by atoms with Crippen LogP contribution in [0.1, 0.15) is 213 Å². The van der Waals surface area contributed by atoms with Crippen LogP contribution in [0.25, 0.3) is 0 Å². The topological polar surface area (TPSA) is 78.9 Å². The molecule has 0 aromatic heterocycles. The van der Waals surface area contributed by atoms with Crippen LogP contribution in [0.2, 0.25) is 0 Å². The fraction of sp³-hybridized carbons (Fsp3) is 0.923. The van der Waals surface area contributed by atoms with Crippen molar-refractivity contribution in [3.8, 4) is 0 Å². The first-order chi connectivity index (χ1) is 22.0. The van der Waals surface area contributed by atoms with E-state index < -0.39 is 6.10 Å². The van der Waals surface area contributed by atoms with E-state index in [4.69, 9.17) is 14.2 Å². The second-order valence-electron chi connectivity index (χ2n) is 13.2. The lowest BCUT2D eigenvalue weighted by molar-refractivity contribution is -0.167. The summed E-state index contributed by atoms with van der Waals surface area (Å²) in [5.41, 5.74) is 0. The van der Waals surface area contributed by atoms with Gasteiger partial charge in [-0.2, -0.15) is 0 Å². The van der Waals surface area contributed by atoms with Crippen molar-refractivity contribution in [2.24, 2.45) is 0 Å². The highest BCUT2D eigenvalue weighted by molar-refractivity contribution is 5.71. The van der Waals surface area contributed by atoms with Crippen LogP contribution in [0, 0.1) is 0 Å². The van der Waals surface area contributed by atoms with Crippen molar-refractivity contribution >= 4 is 17.9 Å². The number of unbranched alkanes of at least 4 members (excludes halogenated alkanes) is 24. The molecule has 1 atom stereocenters. The number of esters is 3. The Labute approximate surface area is 278 Å². The van der Waals surface area contributed by atoms with E-state index in [1.165, 1.54) is 109 Å². The third-order valence-electron chi connectivity index (χ3n) is 8.61. The maximum absolute atomic E-state index is 12.6. The molecule has 0 saturated carbocycles. The van der Waals surface area contributed by atoms with E-state index in [1.54, 1.807) is 0 Å². The summed E-state index contributed by atoms with van der Waals surface area (Å²) in [6, 6.07) is 0. The van der Waals surface area contributed by atoms with E-state index in [9.17, 15) is 14.4 Å². The van der Waals surface area contributed by atoms with Crippen molar-refractivity contribution < 1.29 is 28.6 Å². The summed E-state index contributed by atoms with van der Waals surface area (Å²) in [6.45, 7) is 6.53. The SMILES string of the molecule is CCCCCCCCCCCCCC(=O)OC[C@H](COC(=O)CCCCCCC)OC(=O)CCCCCCCCCCCCC. The summed E-state index contributed by atoms with van der Waals surface area (Å²) >= 11 is 0. The quantitative estimate of drug-likeness (QED) is 0.0390. The molecule has 0 aliphatic heterocycles. The van der Waals surface area contributed by atoms with Crippen LogP contribution in [-0.2, 0) is 28.6 Å². The average Bonchev–Trinajstić information content (AvgIpc) is 3.03. The van der Waals surface area contributed by atoms with Gasteiger partial charge >= 0.3 is 17.9 Å². The molecule has 0 heterocycles. The van der Waals surface area contributed by atoms with E-state index >= 15 is 0 Å². The third kappa shape index (κ3) is 33.6. The fourth-order valence-electron chi connectivity index (χ4n) is 5.62. The van der Waals surface area contributed by atoms with Gasteiger partial charge in [0.1, 0.15) is 13.2 Å². The Hall–Kier alpha value is -1.59. The van der Waals surface area contributed by atoms with Crippen LogP contribution >= 0.6 is 0 Å². The fourth-order valence-corrected chi connectivity index (χ4v) is 5.62. The van der Waals surface area contributed by atoms with Gasteiger partial charge in [0.05, 0.1) is 0 Å². The van der Waals surface area contributed by atoms with Gasteiger partial charge in [0.25, 0.3) is 0 Å². The molecular formula is C39H74O6. The Balaban J connectivity index is 4.26. The van der Waals surface area contributed by atoms with Gasteiger partial charge in [0.15, 0.2) is 6.10 Å². The maximum Gasteiger partial charge on any atom is 0.306 e. The van der Waals surface area contributed by atoms with Crippen LogP contribution in [0.5, 0.6) is 0 Å². The number of hydrogen-bond acceptors (Lipinski definition) is 6. The molecular weight excluding hydrogens is 564 g/mol. The molecule has 0 bridgehead atoms. The van der Waals surface area contributed by atoms with E-state index in [0.717, 1.165) is 64.2 Å². The number of rotatable bonds is 35. The molecule has 45 heavy (non-hydrogen) atoms. The molecule has 0 amide bonds. The minimum absolute atomic E-state index is 0.0648. The maximum atomic E-state index is 12.6. The lowest BCUT2D eigenvalue weighted by Crippen LogP contribution is -2.30. The monoisotopic (exact) mass is 639 g/mol. The molecule has 0 aliphatic carbocycles. The van der Waals surface area contributed by atoms with E-state index in [0.29, 0.717) is 19.3 Å². The molecule has 0 aromatic rings. The van der Waals surface area contributed by atoms with Crippen LogP contribution < -0.4 is 0 Å². The highest BCUT2D eigenvalue weighted by Gasteiger charge is 2.19. The third-order valence-corrected chi connectivity index (χ3v) is 8.61. The molecule has 0 spiro atoms. The summed E-state index contributed by atoms with van der Waals surface area (Å²) in [5, 5.41) is 0. The van der Waals surface area contributed by atoms with Gasteiger partial charge in [-0.25, -0.2) is 0 Å². The predicted octanol–water partition coefficient (Wildman–Crippen LogP) is 11.7. The highest BCUT2D eigenvalue weighted by atomic mass is 16.6. The van der Waals surface area contributed by atoms with Crippen molar-refractivity contribution in [2.75, 3.05) is 13.2 Å². The van der Waals surface area contributed by atoms with Crippen molar-refractivity contribution in [2.45, 2.75) is 219 Å². The van der Waals surface area contributed by atoms with Gasteiger partial charge in [0, 0.05) is 19.3 Å². The van der Waals surface area contributed by atoms with Crippen molar-refractivity contribution in [1.29, 1.82) is 0 Å². The first kappa shape index (κ1) is 43.4. The summed E-state index contributed by atoms with van der Waals surface area (Å²) in [4.78, 5) is 37.2. The minimum Gasteiger partial charge on any atom is -0.462 e. The summed E-state index contributed by atoms with van der Waals surface area (Å²) < 4.78 is 16.5. The zero-order valence-corrected chi connectivity index (χ0v) is 30.2. The lowest BCUT2D eigenvalue weighted by atomic mass is 10.1. The molecule has 0 saturated heterocycles. The number of hydrogen-bond donors (Lipinski definition) is 0. The molecule has 0 fully saturated rings. The Morgan fingerprint density at radius 1 is 0.356 bits per heavy atom. The molecule has 0 radical (unpaired) electrons. The van der Waals surface area contributed by atoms with Crippen LogP contribution in [-0.4, -0.2) is 37.2 Å². The Kier molecular flexibility index (Phi) is 34.0. The van der Waals surface area contributed by atoms with Gasteiger partial charge in [-0.3, -0.25) is 14.4 Å². The van der Waals surface area contributed by atoms with Crippen LogP contribution in [0.15, 0.2) is 0 Å². The Morgan fingerprint density at radius 2 is 0.600 bits per heavy atom. The van der Waals surface area contributed by atoms with E-state index in [-0.39, 0.29) is 31.1 Å². The van der Waals surface area contributed by atoms with Gasteiger partial charge in [0.2, 0.25) is 0 Å². The van der Waals surface area contributed by atoms with Crippen molar-refractivity contribution in [3.63, 3.8) is 0 Å². The molecule has 0 unspecified atom stereocenters. The number of ether oxygens (including phenoxy) is 3. The Morgan fingerprint density at radius 3 is 0.889 bits per heavy atom. The smallest absolute Gasteiger partial charge is 0.306 e. The molecule has 0 aromatic carbocycles. The second kappa shape index (κ2) is 35.3. The summed E-state index contributed by atoms with van der Waals surface area (Å²) in [5.74, 6) is -0.877. The molecule has 6 nitrogen and oxygen atoms in total. The van der Waals surface area contributed by atoms with Gasteiger partial charge in [-0.15, -0.1) is 0 Å². The first-order valence-corrected chi connectivity index (χ1v) is 19.5. The average molecular weight is 639 g/mol. The minimum atomic E-state index is -0.754. The van der Waals surface area contributed by atoms with Crippen LogP contribution in [0.3, 0.4) is 0 Å². The second-order valence-corrected chi connectivity index (χ2v) is 13.2. The summed E-state index contributed by atoms with van der Waals surface area (Å²) in [7, 11) is 0. The molecule has 0 aliphatic rings. The number of carbonyl (C=O) groups excluding carboxylic acids is 3. The zero-order valence-electron chi connectivity index (χ0n) is 30.2. The molecule has 266 valence electrons. The van der Waals surface area contributed by atoms with E-state index in [1.807, 2.05) is 0 Å². The standard InChI is InChI=1S/C39H74O6/c1-4-7-10-13-15-17-19-21-23-26-29-32-38(41)44-35-36(34-43-37(40)31-28-25-12-9-6-3)45-39(42)33-30-27-24-22-20-18-16-14-11-8-5-2/h36H,4-35H2,1-3H3/t36-/m0/s1. The summed E-state index contributed by atoms with van der Waals surface area (Å²) in [6.07, 6.45) is 32.5. The first-order valence-electron chi connectivity index (χ1n) is 19.5. The highest BCUT2D eigenvalue weighted by Crippen LogP contribution is 2.14. The normalized spacial score (nSPS) is 11.8. The Bertz CT molecular complexity index is 664. The van der Waals surface area contributed by atoms with Gasteiger partial charge in [-0.1, -0.05) is 175 Å². The lowest BCUT2D eigenvalue weighted by Gasteiger charge is -2.18. The van der Waals surface area contributed by atoms with Gasteiger partial charge < -0.3 is 14.2 Å². The number of carbonyl (C=O) groups is 3. The van der Waals surface area contributed by atoms with Crippen molar-refractivity contribution in [3.05, 3.63) is 0 Å². The largest absolute Gasteiger partial charge is 0.462 e. The predicted molar refractivity (Wildman–Crippen MR) is 187 cm³/mol. The molecule has 0 N–H and O–H groups in total. The van der Waals surface area contributed by atoms with E-state index in [2.05, 4.69) is 20.8 Å². The van der Waals surface area contributed by atoms with Crippen molar-refractivity contribution in [1.82, 2.24) is 0 Å². The van der Waals surface area contributed by atoms with Crippen LogP contribution in [0.4, 0.5) is 0 Å². The molecule has 6 heteroatoms.